The zero-order chi connectivity index (χ0) is 22.0. The molecule has 31 heavy (non-hydrogen) atoms. The van der Waals surface area contributed by atoms with Crippen LogP contribution in [0.5, 0.6) is 5.75 Å². The molecule has 2 amide bonds. The van der Waals surface area contributed by atoms with E-state index in [0.29, 0.717) is 37.6 Å². The number of nitrogens with one attached hydrogen (secondary N) is 1. The number of nitrogens with zero attached hydrogens (tertiary/aromatic N) is 2. The third-order valence-corrected chi connectivity index (χ3v) is 7.80. The summed E-state index contributed by atoms with van der Waals surface area (Å²) in [6, 6.07) is 14.4. The van der Waals surface area contributed by atoms with E-state index in [-0.39, 0.29) is 29.7 Å². The van der Waals surface area contributed by atoms with Gasteiger partial charge in [-0.2, -0.15) is 0 Å². The second-order valence-electron chi connectivity index (χ2n) is 7.76. The number of carbonyl (C=O) groups is 2. The van der Waals surface area contributed by atoms with Crippen LogP contribution in [-0.4, -0.2) is 63.2 Å². The first-order valence-corrected chi connectivity index (χ1v) is 11.8. The molecule has 0 unspecified atom stereocenters. The highest BCUT2D eigenvalue weighted by Crippen LogP contribution is 2.32. The standard InChI is InChI=1S/C22H25N3O5S/c1-16(31(28,29)18-7-8-20-19(14-18)23-21(26)15-30-20)13-22(27)25-11-9-24(10-12-25)17-5-3-2-4-6-17/h2-8,14,16H,9-13,15H2,1H3,(H,23,26)/t16-/m0/s1. The van der Waals surface area contributed by atoms with Gasteiger partial charge in [0.1, 0.15) is 5.75 Å². The van der Waals surface area contributed by atoms with E-state index in [4.69, 9.17) is 4.74 Å². The van der Waals surface area contributed by atoms with Crippen LogP contribution in [-0.2, 0) is 19.4 Å². The molecule has 0 aromatic heterocycles. The van der Waals surface area contributed by atoms with Gasteiger partial charge in [-0.15, -0.1) is 0 Å². The van der Waals surface area contributed by atoms with Crippen molar-refractivity contribution in [3.63, 3.8) is 0 Å². The molecule has 2 aliphatic heterocycles. The topological polar surface area (TPSA) is 96.0 Å². The summed E-state index contributed by atoms with van der Waals surface area (Å²) in [5.41, 5.74) is 1.45. The van der Waals surface area contributed by atoms with Crippen molar-refractivity contribution in [1.82, 2.24) is 4.90 Å². The summed E-state index contributed by atoms with van der Waals surface area (Å²) < 4.78 is 31.3. The van der Waals surface area contributed by atoms with Crippen molar-refractivity contribution in [3.8, 4) is 5.75 Å². The van der Waals surface area contributed by atoms with Gasteiger partial charge in [0, 0.05) is 38.3 Å². The van der Waals surface area contributed by atoms with Crippen LogP contribution in [0.4, 0.5) is 11.4 Å². The minimum absolute atomic E-state index is 0.0613. The van der Waals surface area contributed by atoms with E-state index in [2.05, 4.69) is 10.2 Å². The molecule has 0 bridgehead atoms. The highest BCUT2D eigenvalue weighted by Gasteiger charge is 2.30. The van der Waals surface area contributed by atoms with Crippen molar-refractivity contribution in [2.45, 2.75) is 23.5 Å². The molecule has 8 nitrogen and oxygen atoms in total. The summed E-state index contributed by atoms with van der Waals surface area (Å²) in [6.45, 7) is 3.98. The molecule has 164 valence electrons. The molecule has 2 aliphatic rings. The molecule has 2 aromatic carbocycles. The van der Waals surface area contributed by atoms with Crippen molar-refractivity contribution in [2.75, 3.05) is 43.0 Å². The first kappa shape index (κ1) is 21.2. The maximum atomic E-state index is 13.0. The predicted molar refractivity (Wildman–Crippen MR) is 117 cm³/mol. The van der Waals surface area contributed by atoms with Gasteiger partial charge in [0.25, 0.3) is 5.91 Å². The number of hydrogen-bond donors (Lipinski definition) is 1. The number of anilines is 2. The third-order valence-electron chi connectivity index (χ3n) is 5.66. The second kappa shape index (κ2) is 8.58. The summed E-state index contributed by atoms with van der Waals surface area (Å²) in [4.78, 5) is 28.3. The van der Waals surface area contributed by atoms with Gasteiger partial charge < -0.3 is 19.9 Å². The molecule has 2 aromatic rings. The molecule has 1 saturated heterocycles. The number of piperazine rings is 1. The number of benzene rings is 2. The van der Waals surface area contributed by atoms with E-state index >= 15 is 0 Å². The summed E-state index contributed by atoms with van der Waals surface area (Å²) in [5, 5.41) is 1.73. The Balaban J connectivity index is 1.38. The van der Waals surface area contributed by atoms with Gasteiger partial charge in [0.05, 0.1) is 15.8 Å². The van der Waals surface area contributed by atoms with Gasteiger partial charge in [-0.1, -0.05) is 18.2 Å². The summed E-state index contributed by atoms with van der Waals surface area (Å²) >= 11 is 0. The first-order valence-electron chi connectivity index (χ1n) is 10.2. The molecule has 1 N–H and O–H groups in total. The number of sulfone groups is 1. The quantitative estimate of drug-likeness (QED) is 0.759. The summed E-state index contributed by atoms with van der Waals surface area (Å²) in [5.74, 6) is -0.0723. The first-order chi connectivity index (χ1) is 14.8. The molecule has 0 spiro atoms. The van der Waals surface area contributed by atoms with Crippen molar-refractivity contribution < 1.29 is 22.7 Å². The van der Waals surface area contributed by atoms with E-state index in [1.165, 1.54) is 18.2 Å². The van der Waals surface area contributed by atoms with Gasteiger partial charge >= 0.3 is 0 Å². The molecule has 2 heterocycles. The molecule has 1 atom stereocenters. The lowest BCUT2D eigenvalue weighted by Gasteiger charge is -2.36. The van der Waals surface area contributed by atoms with Crippen LogP contribution in [0.25, 0.3) is 0 Å². The number of rotatable bonds is 5. The third kappa shape index (κ3) is 4.51. The van der Waals surface area contributed by atoms with Crippen molar-refractivity contribution in [3.05, 3.63) is 48.5 Å². The Bertz CT molecular complexity index is 1080. The maximum Gasteiger partial charge on any atom is 0.262 e. The van der Waals surface area contributed by atoms with Gasteiger partial charge in [-0.05, 0) is 37.3 Å². The average molecular weight is 444 g/mol. The number of ether oxygens (including phenoxy) is 1. The van der Waals surface area contributed by atoms with Crippen LogP contribution in [0, 0.1) is 0 Å². The molecule has 0 radical (unpaired) electrons. The normalized spacial score (nSPS) is 17.4. The lowest BCUT2D eigenvalue weighted by atomic mass is 10.2. The van der Waals surface area contributed by atoms with Crippen LogP contribution in [0.2, 0.25) is 0 Å². The lowest BCUT2D eigenvalue weighted by molar-refractivity contribution is -0.131. The number of hydrogen-bond acceptors (Lipinski definition) is 6. The molecule has 4 rings (SSSR count). The number of para-hydroxylation sites is 1. The van der Waals surface area contributed by atoms with E-state index < -0.39 is 15.1 Å². The van der Waals surface area contributed by atoms with Crippen LogP contribution < -0.4 is 15.0 Å². The highest BCUT2D eigenvalue weighted by molar-refractivity contribution is 7.92. The van der Waals surface area contributed by atoms with E-state index in [1.54, 1.807) is 11.8 Å². The largest absolute Gasteiger partial charge is 0.482 e. The molecular weight excluding hydrogens is 418 g/mol. The maximum absolute atomic E-state index is 13.0. The molecular formula is C22H25N3O5S. The Kier molecular flexibility index (Phi) is 5.86. The van der Waals surface area contributed by atoms with Gasteiger partial charge in [-0.3, -0.25) is 9.59 Å². The fraction of sp³-hybridized carbons (Fsp3) is 0.364. The van der Waals surface area contributed by atoms with Crippen LogP contribution in [0.15, 0.2) is 53.4 Å². The number of amides is 2. The Morgan fingerprint density at radius 3 is 2.52 bits per heavy atom. The predicted octanol–water partition coefficient (Wildman–Crippen LogP) is 1.92. The van der Waals surface area contributed by atoms with Crippen molar-refractivity contribution >= 4 is 33.0 Å². The van der Waals surface area contributed by atoms with Crippen LogP contribution >= 0.6 is 0 Å². The van der Waals surface area contributed by atoms with E-state index in [1.807, 2.05) is 30.3 Å². The zero-order valence-electron chi connectivity index (χ0n) is 17.3. The van der Waals surface area contributed by atoms with Gasteiger partial charge in [-0.25, -0.2) is 8.42 Å². The van der Waals surface area contributed by atoms with E-state index in [9.17, 15) is 18.0 Å². The molecule has 9 heteroatoms. The fourth-order valence-corrected chi connectivity index (χ4v) is 5.18. The fourth-order valence-electron chi connectivity index (χ4n) is 3.81. The zero-order valence-corrected chi connectivity index (χ0v) is 18.1. The Morgan fingerprint density at radius 2 is 1.81 bits per heavy atom. The van der Waals surface area contributed by atoms with Crippen molar-refractivity contribution in [2.24, 2.45) is 0 Å². The minimum atomic E-state index is -3.74. The summed E-state index contributed by atoms with van der Waals surface area (Å²) in [7, 11) is -3.74. The Hall–Kier alpha value is -3.07. The van der Waals surface area contributed by atoms with Crippen LogP contribution in [0.3, 0.4) is 0 Å². The SMILES string of the molecule is C[C@@H](CC(=O)N1CCN(c2ccccc2)CC1)S(=O)(=O)c1ccc2c(c1)NC(=O)CO2. The second-order valence-corrected chi connectivity index (χ2v) is 10.1. The van der Waals surface area contributed by atoms with E-state index in [0.717, 1.165) is 5.69 Å². The number of carbonyl (C=O) groups excluding carboxylic acids is 2. The van der Waals surface area contributed by atoms with Gasteiger partial charge in [0.15, 0.2) is 16.4 Å². The molecule has 1 fully saturated rings. The number of fused-ring (bicyclic) bond motifs is 1. The highest BCUT2D eigenvalue weighted by atomic mass is 32.2. The average Bonchev–Trinajstić information content (AvgIpc) is 2.79. The minimum Gasteiger partial charge on any atom is -0.482 e. The monoisotopic (exact) mass is 443 g/mol. The van der Waals surface area contributed by atoms with Gasteiger partial charge in [0.2, 0.25) is 5.91 Å². The molecule has 0 saturated carbocycles. The Labute approximate surface area is 181 Å². The van der Waals surface area contributed by atoms with Crippen LogP contribution in [0.1, 0.15) is 13.3 Å². The lowest BCUT2D eigenvalue weighted by Crippen LogP contribution is -2.49. The molecule has 0 aliphatic carbocycles. The Morgan fingerprint density at radius 1 is 1.10 bits per heavy atom. The van der Waals surface area contributed by atoms with Crippen molar-refractivity contribution in [1.29, 1.82) is 0 Å². The smallest absolute Gasteiger partial charge is 0.262 e. The summed E-state index contributed by atoms with van der Waals surface area (Å²) in [6.07, 6.45) is -0.0897.